The standard InChI is InChI=1S/C15H21N3O/c1-19-12-13-5-4-7-17(9-13)10-14-11-18-8-3-2-6-15(18)16-14/h2-3,6,8,11,13H,4-5,7,9-10,12H2,1H3/t13-/m1/s1. The fourth-order valence-electron chi connectivity index (χ4n) is 2.96. The van der Waals surface area contributed by atoms with E-state index in [9.17, 15) is 0 Å². The molecular weight excluding hydrogens is 238 g/mol. The van der Waals surface area contributed by atoms with Crippen LogP contribution in [0.2, 0.25) is 0 Å². The molecule has 0 aromatic carbocycles. The number of methoxy groups -OCH3 is 1. The molecule has 1 aliphatic heterocycles. The van der Waals surface area contributed by atoms with Gasteiger partial charge >= 0.3 is 0 Å². The van der Waals surface area contributed by atoms with Crippen molar-refractivity contribution in [2.75, 3.05) is 26.8 Å². The average Bonchev–Trinajstić information content (AvgIpc) is 2.81. The number of hydrogen-bond acceptors (Lipinski definition) is 3. The Morgan fingerprint density at radius 2 is 2.37 bits per heavy atom. The van der Waals surface area contributed by atoms with E-state index in [2.05, 4.69) is 26.7 Å². The number of nitrogens with zero attached hydrogens (tertiary/aromatic N) is 3. The van der Waals surface area contributed by atoms with Gasteiger partial charge in [0.2, 0.25) is 0 Å². The smallest absolute Gasteiger partial charge is 0.137 e. The van der Waals surface area contributed by atoms with Crippen molar-refractivity contribution in [1.29, 1.82) is 0 Å². The van der Waals surface area contributed by atoms with Gasteiger partial charge < -0.3 is 9.14 Å². The lowest BCUT2D eigenvalue weighted by atomic mass is 9.99. The van der Waals surface area contributed by atoms with Crippen LogP contribution in [-0.2, 0) is 11.3 Å². The van der Waals surface area contributed by atoms with Gasteiger partial charge in [0.05, 0.1) is 12.3 Å². The molecule has 0 spiro atoms. The highest BCUT2D eigenvalue weighted by atomic mass is 16.5. The maximum atomic E-state index is 5.28. The van der Waals surface area contributed by atoms with Crippen LogP contribution in [0.4, 0.5) is 0 Å². The number of aromatic nitrogens is 2. The van der Waals surface area contributed by atoms with E-state index in [4.69, 9.17) is 4.74 Å². The first kappa shape index (κ1) is 12.6. The first-order chi connectivity index (χ1) is 9.35. The second-order valence-electron chi connectivity index (χ2n) is 5.40. The largest absolute Gasteiger partial charge is 0.384 e. The number of piperidine rings is 1. The van der Waals surface area contributed by atoms with E-state index in [1.165, 1.54) is 19.4 Å². The third kappa shape index (κ3) is 2.96. The summed E-state index contributed by atoms with van der Waals surface area (Å²) in [6.45, 7) is 4.12. The number of pyridine rings is 1. The minimum atomic E-state index is 0.677. The lowest BCUT2D eigenvalue weighted by Crippen LogP contribution is -2.36. The van der Waals surface area contributed by atoms with Crippen molar-refractivity contribution in [2.45, 2.75) is 19.4 Å². The summed E-state index contributed by atoms with van der Waals surface area (Å²) in [6, 6.07) is 6.11. The fraction of sp³-hybridized carbons (Fsp3) is 0.533. The Labute approximate surface area is 114 Å². The van der Waals surface area contributed by atoms with Crippen LogP contribution in [0.25, 0.3) is 5.65 Å². The number of hydrogen-bond donors (Lipinski definition) is 0. The van der Waals surface area contributed by atoms with Gasteiger partial charge in [0.1, 0.15) is 5.65 Å². The quantitative estimate of drug-likeness (QED) is 0.843. The average molecular weight is 259 g/mol. The molecule has 0 N–H and O–H groups in total. The first-order valence-electron chi connectivity index (χ1n) is 6.99. The summed E-state index contributed by atoms with van der Waals surface area (Å²) in [4.78, 5) is 7.16. The van der Waals surface area contributed by atoms with Crippen LogP contribution < -0.4 is 0 Å². The Morgan fingerprint density at radius 1 is 1.42 bits per heavy atom. The van der Waals surface area contributed by atoms with Gasteiger partial charge in [-0.3, -0.25) is 4.90 Å². The van der Waals surface area contributed by atoms with Crippen LogP contribution in [0.15, 0.2) is 30.6 Å². The van der Waals surface area contributed by atoms with Crippen LogP contribution in [0.1, 0.15) is 18.5 Å². The Hall–Kier alpha value is -1.39. The van der Waals surface area contributed by atoms with E-state index in [0.717, 1.165) is 31.0 Å². The van der Waals surface area contributed by atoms with Crippen LogP contribution in [0, 0.1) is 5.92 Å². The molecule has 3 heterocycles. The molecule has 0 amide bonds. The molecular formula is C15H21N3O. The van der Waals surface area contributed by atoms with Gasteiger partial charge in [0.15, 0.2) is 0 Å². The molecule has 1 atom stereocenters. The highest BCUT2D eigenvalue weighted by molar-refractivity contribution is 5.39. The minimum absolute atomic E-state index is 0.677. The van der Waals surface area contributed by atoms with Gasteiger partial charge in [-0.1, -0.05) is 6.07 Å². The van der Waals surface area contributed by atoms with E-state index >= 15 is 0 Å². The number of likely N-dealkylation sites (tertiary alicyclic amines) is 1. The highest BCUT2D eigenvalue weighted by Gasteiger charge is 2.20. The summed E-state index contributed by atoms with van der Waals surface area (Å²) in [6.07, 6.45) is 6.74. The van der Waals surface area contributed by atoms with Crippen molar-refractivity contribution in [3.05, 3.63) is 36.3 Å². The molecule has 1 aliphatic rings. The van der Waals surface area contributed by atoms with Crippen molar-refractivity contribution >= 4 is 5.65 Å². The van der Waals surface area contributed by atoms with Gasteiger partial charge in [-0.2, -0.15) is 0 Å². The predicted molar refractivity (Wildman–Crippen MR) is 75.1 cm³/mol. The number of ether oxygens (including phenoxy) is 1. The third-order valence-electron chi connectivity index (χ3n) is 3.80. The van der Waals surface area contributed by atoms with E-state index in [1.54, 1.807) is 7.11 Å². The maximum Gasteiger partial charge on any atom is 0.137 e. The maximum absolute atomic E-state index is 5.28. The molecule has 0 radical (unpaired) electrons. The number of fused-ring (bicyclic) bond motifs is 1. The third-order valence-corrected chi connectivity index (χ3v) is 3.80. The molecule has 1 saturated heterocycles. The van der Waals surface area contributed by atoms with Crippen molar-refractivity contribution < 1.29 is 4.74 Å². The summed E-state index contributed by atoms with van der Waals surface area (Å²) in [7, 11) is 1.79. The van der Waals surface area contributed by atoms with Crippen molar-refractivity contribution in [2.24, 2.45) is 5.92 Å². The van der Waals surface area contributed by atoms with Crippen molar-refractivity contribution in [1.82, 2.24) is 14.3 Å². The summed E-state index contributed by atoms with van der Waals surface area (Å²) < 4.78 is 7.37. The van der Waals surface area contributed by atoms with Crippen LogP contribution in [0.5, 0.6) is 0 Å². The van der Waals surface area contributed by atoms with Gasteiger partial charge in [-0.25, -0.2) is 4.98 Å². The Balaban J connectivity index is 1.67. The Bertz CT molecular complexity index is 502. The molecule has 0 saturated carbocycles. The zero-order chi connectivity index (χ0) is 13.1. The summed E-state index contributed by atoms with van der Waals surface area (Å²) >= 11 is 0. The molecule has 0 aliphatic carbocycles. The molecule has 0 bridgehead atoms. The number of imidazole rings is 1. The predicted octanol–water partition coefficient (Wildman–Crippen LogP) is 2.19. The monoisotopic (exact) mass is 259 g/mol. The molecule has 19 heavy (non-hydrogen) atoms. The second kappa shape index (κ2) is 5.72. The molecule has 0 unspecified atom stereocenters. The van der Waals surface area contributed by atoms with Gasteiger partial charge in [-0.15, -0.1) is 0 Å². The Morgan fingerprint density at radius 3 is 3.21 bits per heavy atom. The van der Waals surface area contributed by atoms with Crippen LogP contribution in [0.3, 0.4) is 0 Å². The lowest BCUT2D eigenvalue weighted by Gasteiger charge is -2.31. The Kier molecular flexibility index (Phi) is 3.80. The number of rotatable bonds is 4. The summed E-state index contributed by atoms with van der Waals surface area (Å²) in [5, 5.41) is 0. The highest BCUT2D eigenvalue weighted by Crippen LogP contribution is 2.18. The molecule has 2 aromatic rings. The zero-order valence-corrected chi connectivity index (χ0v) is 11.5. The van der Waals surface area contributed by atoms with E-state index < -0.39 is 0 Å². The van der Waals surface area contributed by atoms with Gasteiger partial charge in [-0.05, 0) is 37.4 Å². The topological polar surface area (TPSA) is 29.8 Å². The van der Waals surface area contributed by atoms with Crippen molar-refractivity contribution in [3.63, 3.8) is 0 Å². The summed E-state index contributed by atoms with van der Waals surface area (Å²) in [5.41, 5.74) is 2.19. The lowest BCUT2D eigenvalue weighted by molar-refractivity contribution is 0.0869. The fourth-order valence-corrected chi connectivity index (χ4v) is 2.96. The van der Waals surface area contributed by atoms with E-state index in [0.29, 0.717) is 5.92 Å². The molecule has 1 fully saturated rings. The first-order valence-corrected chi connectivity index (χ1v) is 6.99. The molecule has 2 aromatic heterocycles. The summed E-state index contributed by atoms with van der Waals surface area (Å²) in [5.74, 6) is 0.677. The van der Waals surface area contributed by atoms with Gasteiger partial charge in [0, 0.05) is 32.6 Å². The van der Waals surface area contributed by atoms with Crippen molar-refractivity contribution in [3.8, 4) is 0 Å². The molecule has 102 valence electrons. The molecule has 4 heteroatoms. The second-order valence-corrected chi connectivity index (χ2v) is 5.40. The zero-order valence-electron chi connectivity index (χ0n) is 11.5. The van der Waals surface area contributed by atoms with Crippen LogP contribution >= 0.6 is 0 Å². The molecule has 3 rings (SSSR count). The van der Waals surface area contributed by atoms with Crippen LogP contribution in [-0.4, -0.2) is 41.1 Å². The normalized spacial score (nSPS) is 21.0. The molecule has 4 nitrogen and oxygen atoms in total. The SMILES string of the molecule is COC[C@@H]1CCCN(Cc2cn3ccccc3n2)C1. The minimum Gasteiger partial charge on any atom is -0.384 e. The van der Waals surface area contributed by atoms with E-state index in [1.807, 2.05) is 18.2 Å². The van der Waals surface area contributed by atoms with E-state index in [-0.39, 0.29) is 0 Å². The van der Waals surface area contributed by atoms with Gasteiger partial charge in [0.25, 0.3) is 0 Å².